The minimum Gasteiger partial charge on any atom is -0.491 e. The molecule has 3 nitrogen and oxygen atoms in total. The maximum atomic E-state index is 15.0. The van der Waals surface area contributed by atoms with Gasteiger partial charge in [0.2, 0.25) is 0 Å². The summed E-state index contributed by atoms with van der Waals surface area (Å²) in [5.41, 5.74) is 2.16. The smallest absolute Gasteiger partial charge is 0.338 e. The van der Waals surface area contributed by atoms with Crippen molar-refractivity contribution < 1.29 is 27.4 Å². The van der Waals surface area contributed by atoms with Gasteiger partial charge >= 0.3 is 5.97 Å². The second-order valence-corrected chi connectivity index (χ2v) is 8.61. The largest absolute Gasteiger partial charge is 0.491 e. The molecule has 0 spiro atoms. The van der Waals surface area contributed by atoms with Gasteiger partial charge in [0.25, 0.3) is 0 Å². The summed E-state index contributed by atoms with van der Waals surface area (Å²) in [4.78, 5) is 12.5. The Hall–Kier alpha value is -3.54. The van der Waals surface area contributed by atoms with Gasteiger partial charge in [0.1, 0.15) is 6.10 Å². The molecular formula is C29H27F3O3. The molecule has 0 amide bonds. The van der Waals surface area contributed by atoms with Crippen LogP contribution >= 0.6 is 0 Å². The Kier molecular flexibility index (Phi) is 7.59. The molecule has 1 saturated carbocycles. The van der Waals surface area contributed by atoms with Crippen molar-refractivity contribution in [2.75, 3.05) is 6.61 Å². The molecule has 6 heteroatoms. The highest BCUT2D eigenvalue weighted by Crippen LogP contribution is 2.38. The fourth-order valence-electron chi connectivity index (χ4n) is 4.51. The lowest BCUT2D eigenvalue weighted by atomic mass is 9.82. The molecule has 3 aromatic carbocycles. The summed E-state index contributed by atoms with van der Waals surface area (Å²) in [6.45, 7) is 5.76. The number of benzene rings is 3. The molecule has 3 aromatic rings. The van der Waals surface area contributed by atoms with Crippen molar-refractivity contribution in [2.24, 2.45) is 0 Å². The first-order valence-electron chi connectivity index (χ1n) is 11.7. The molecule has 0 aliphatic heterocycles. The van der Waals surface area contributed by atoms with Gasteiger partial charge in [-0.15, -0.1) is 0 Å². The number of halogens is 3. The summed E-state index contributed by atoms with van der Waals surface area (Å²) in [6.07, 6.45) is 3.47. The maximum absolute atomic E-state index is 15.0. The fraction of sp³-hybridized carbons (Fsp3) is 0.276. The molecule has 0 radical (unpaired) electrons. The van der Waals surface area contributed by atoms with Crippen LogP contribution < -0.4 is 4.74 Å². The zero-order chi connectivity index (χ0) is 24.9. The lowest BCUT2D eigenvalue weighted by molar-refractivity contribution is 0.0193. The summed E-state index contributed by atoms with van der Waals surface area (Å²) in [7, 11) is 0. The van der Waals surface area contributed by atoms with E-state index in [1.807, 2.05) is 0 Å². The van der Waals surface area contributed by atoms with E-state index in [0.29, 0.717) is 43.4 Å². The van der Waals surface area contributed by atoms with Crippen molar-refractivity contribution in [3.05, 3.63) is 95.3 Å². The van der Waals surface area contributed by atoms with Crippen molar-refractivity contribution >= 4 is 12.0 Å². The van der Waals surface area contributed by atoms with E-state index in [-0.39, 0.29) is 28.9 Å². The average molecular weight is 481 g/mol. The van der Waals surface area contributed by atoms with Crippen LogP contribution in [0.25, 0.3) is 17.2 Å². The second-order valence-electron chi connectivity index (χ2n) is 8.61. The topological polar surface area (TPSA) is 35.5 Å². The van der Waals surface area contributed by atoms with E-state index in [0.717, 1.165) is 11.6 Å². The van der Waals surface area contributed by atoms with Crippen molar-refractivity contribution in [1.82, 2.24) is 0 Å². The van der Waals surface area contributed by atoms with Gasteiger partial charge in [-0.2, -0.15) is 0 Å². The minimum absolute atomic E-state index is 0.0820. The van der Waals surface area contributed by atoms with E-state index in [2.05, 4.69) is 6.58 Å². The third-order valence-corrected chi connectivity index (χ3v) is 6.42. The van der Waals surface area contributed by atoms with Crippen molar-refractivity contribution in [2.45, 2.75) is 44.6 Å². The Morgan fingerprint density at radius 2 is 1.69 bits per heavy atom. The van der Waals surface area contributed by atoms with Gasteiger partial charge < -0.3 is 9.47 Å². The van der Waals surface area contributed by atoms with Gasteiger partial charge in [0, 0.05) is 5.56 Å². The van der Waals surface area contributed by atoms with Crippen LogP contribution in [0.1, 0.15) is 60.0 Å². The molecule has 1 aliphatic rings. The van der Waals surface area contributed by atoms with Gasteiger partial charge in [-0.1, -0.05) is 49.1 Å². The molecule has 0 unspecified atom stereocenters. The van der Waals surface area contributed by atoms with Crippen LogP contribution in [-0.4, -0.2) is 18.7 Å². The van der Waals surface area contributed by atoms with Gasteiger partial charge in [-0.05, 0) is 73.4 Å². The van der Waals surface area contributed by atoms with Gasteiger partial charge in [0.15, 0.2) is 23.2 Å². The Bertz CT molecular complexity index is 1210. The Balaban J connectivity index is 1.39. The number of hydrogen-bond donors (Lipinski definition) is 0. The predicted octanol–water partition coefficient (Wildman–Crippen LogP) is 7.70. The first-order chi connectivity index (χ1) is 16.9. The third-order valence-electron chi connectivity index (χ3n) is 6.42. The number of esters is 1. The Morgan fingerprint density at radius 1 is 0.971 bits per heavy atom. The van der Waals surface area contributed by atoms with Crippen LogP contribution in [0.5, 0.6) is 5.75 Å². The van der Waals surface area contributed by atoms with Crippen LogP contribution in [0.4, 0.5) is 13.2 Å². The fourth-order valence-corrected chi connectivity index (χ4v) is 4.51. The molecule has 0 aromatic heterocycles. The third kappa shape index (κ3) is 5.42. The number of carbonyl (C=O) groups excluding carboxylic acids is 1. The average Bonchev–Trinajstić information content (AvgIpc) is 2.87. The molecule has 0 N–H and O–H groups in total. The quantitative estimate of drug-likeness (QED) is 0.325. The molecule has 0 saturated heterocycles. The summed E-state index contributed by atoms with van der Waals surface area (Å²) in [6, 6.07) is 14.3. The zero-order valence-electron chi connectivity index (χ0n) is 19.5. The second kappa shape index (κ2) is 10.8. The number of rotatable bonds is 7. The molecule has 4 rings (SSSR count). The summed E-state index contributed by atoms with van der Waals surface area (Å²) < 4.78 is 54.7. The van der Waals surface area contributed by atoms with Crippen LogP contribution in [0.15, 0.2) is 61.2 Å². The van der Waals surface area contributed by atoms with Crippen LogP contribution in [0.3, 0.4) is 0 Å². The lowest BCUT2D eigenvalue weighted by Crippen LogP contribution is -2.24. The highest BCUT2D eigenvalue weighted by atomic mass is 19.2. The standard InChI is InChI=1S/C29H27F3O3/c1-3-18-5-7-19(8-6-18)23-14-15-24(28(32)27(23)31)20-9-12-22(13-10-20)35-29(33)21-11-16-26(34-4-2)25(30)17-21/h3,5-8,11,14-17,20,22H,1,4,9-10,12-13H2,2H3. The van der Waals surface area contributed by atoms with Gasteiger partial charge in [0.05, 0.1) is 12.2 Å². The lowest BCUT2D eigenvalue weighted by Gasteiger charge is -2.29. The van der Waals surface area contributed by atoms with Gasteiger partial charge in [-0.25, -0.2) is 18.0 Å². The van der Waals surface area contributed by atoms with Crippen LogP contribution in [0.2, 0.25) is 0 Å². The number of hydrogen-bond acceptors (Lipinski definition) is 3. The number of ether oxygens (including phenoxy) is 2. The highest BCUT2D eigenvalue weighted by Gasteiger charge is 2.28. The first kappa shape index (κ1) is 24.6. The maximum Gasteiger partial charge on any atom is 0.338 e. The van der Waals surface area contributed by atoms with E-state index in [4.69, 9.17) is 9.47 Å². The first-order valence-corrected chi connectivity index (χ1v) is 11.7. The van der Waals surface area contributed by atoms with Crippen molar-refractivity contribution in [1.29, 1.82) is 0 Å². The zero-order valence-corrected chi connectivity index (χ0v) is 19.5. The van der Waals surface area contributed by atoms with E-state index in [1.165, 1.54) is 12.1 Å². The normalized spacial score (nSPS) is 17.6. The molecule has 0 atom stereocenters. The van der Waals surface area contributed by atoms with Crippen molar-refractivity contribution in [3.63, 3.8) is 0 Å². The summed E-state index contributed by atoms with van der Waals surface area (Å²) in [5, 5.41) is 0. The highest BCUT2D eigenvalue weighted by molar-refractivity contribution is 5.89. The predicted molar refractivity (Wildman–Crippen MR) is 130 cm³/mol. The van der Waals surface area contributed by atoms with Crippen LogP contribution in [-0.2, 0) is 4.74 Å². The molecule has 0 bridgehead atoms. The SMILES string of the molecule is C=Cc1ccc(-c2ccc(C3CCC(OC(=O)c4ccc(OCC)c(F)c4)CC3)c(F)c2F)cc1. The summed E-state index contributed by atoms with van der Waals surface area (Å²) in [5.74, 6) is -3.01. The molecule has 1 fully saturated rings. The molecule has 1 aliphatic carbocycles. The summed E-state index contributed by atoms with van der Waals surface area (Å²) >= 11 is 0. The Labute approximate surface area is 203 Å². The number of carbonyl (C=O) groups is 1. The molecular weight excluding hydrogens is 453 g/mol. The van der Waals surface area contributed by atoms with E-state index in [9.17, 15) is 13.6 Å². The molecule has 35 heavy (non-hydrogen) atoms. The van der Waals surface area contributed by atoms with Crippen LogP contribution in [0, 0.1) is 17.5 Å². The van der Waals surface area contributed by atoms with Crippen molar-refractivity contribution in [3.8, 4) is 16.9 Å². The minimum atomic E-state index is -0.861. The molecule has 0 heterocycles. The molecule has 182 valence electrons. The van der Waals surface area contributed by atoms with E-state index < -0.39 is 23.4 Å². The van der Waals surface area contributed by atoms with E-state index in [1.54, 1.807) is 49.4 Å². The Morgan fingerprint density at radius 3 is 2.31 bits per heavy atom. The van der Waals surface area contributed by atoms with Gasteiger partial charge in [-0.3, -0.25) is 0 Å². The van der Waals surface area contributed by atoms with E-state index >= 15 is 4.39 Å². The monoisotopic (exact) mass is 480 g/mol.